The summed E-state index contributed by atoms with van der Waals surface area (Å²) in [5, 5.41) is 8.50. The van der Waals surface area contributed by atoms with Crippen molar-refractivity contribution in [3.63, 3.8) is 0 Å². The van der Waals surface area contributed by atoms with Crippen molar-refractivity contribution in [2.24, 2.45) is 10.2 Å². The molecule has 39 heavy (non-hydrogen) atoms. The van der Waals surface area contributed by atoms with Gasteiger partial charge >= 0.3 is 11.9 Å². The van der Waals surface area contributed by atoms with Crippen molar-refractivity contribution in [3.8, 4) is 11.5 Å². The van der Waals surface area contributed by atoms with Crippen LogP contribution in [-0.2, 0) is 14.2 Å². The van der Waals surface area contributed by atoms with Crippen molar-refractivity contribution in [1.82, 2.24) is 0 Å². The molecule has 0 saturated heterocycles. The van der Waals surface area contributed by atoms with Crippen molar-refractivity contribution >= 4 is 23.3 Å². The summed E-state index contributed by atoms with van der Waals surface area (Å²) in [4.78, 5) is 24.1. The molecule has 9 heteroatoms. The molecular formula is C30H34N2O7. The molecule has 3 aromatic carbocycles. The summed E-state index contributed by atoms with van der Waals surface area (Å²) in [5.41, 5.74) is 3.15. The van der Waals surface area contributed by atoms with E-state index < -0.39 is 11.9 Å². The molecule has 0 radical (unpaired) electrons. The summed E-state index contributed by atoms with van der Waals surface area (Å²) < 4.78 is 26.1. The summed E-state index contributed by atoms with van der Waals surface area (Å²) in [5.74, 6) is 0.00152. The molecule has 0 aromatic heterocycles. The summed E-state index contributed by atoms with van der Waals surface area (Å²) in [7, 11) is 2.69. The Bertz CT molecular complexity index is 1230. The summed E-state index contributed by atoms with van der Waals surface area (Å²) in [6.45, 7) is 2.90. The van der Waals surface area contributed by atoms with E-state index in [4.69, 9.17) is 23.7 Å². The Labute approximate surface area is 228 Å². The van der Waals surface area contributed by atoms with Gasteiger partial charge in [0.15, 0.2) is 6.79 Å². The minimum atomic E-state index is -0.617. The number of carbonyl (C=O) groups is 2. The Morgan fingerprint density at radius 2 is 1.21 bits per heavy atom. The number of nitrogens with zero attached hydrogens (tertiary/aromatic N) is 2. The number of hydrogen-bond donors (Lipinski definition) is 0. The minimum Gasteiger partial charge on any atom is -0.494 e. The maximum absolute atomic E-state index is 12.2. The molecule has 3 aromatic rings. The highest BCUT2D eigenvalue weighted by Gasteiger charge is 2.15. The van der Waals surface area contributed by atoms with E-state index in [1.165, 1.54) is 31.9 Å². The van der Waals surface area contributed by atoms with Crippen LogP contribution in [0.3, 0.4) is 0 Å². The number of azo groups is 1. The van der Waals surface area contributed by atoms with Crippen LogP contribution in [0.5, 0.6) is 11.5 Å². The molecular weight excluding hydrogens is 500 g/mol. The quantitative estimate of drug-likeness (QED) is 0.0897. The van der Waals surface area contributed by atoms with E-state index >= 15 is 0 Å². The normalized spacial score (nSPS) is 10.8. The molecule has 0 amide bonds. The predicted molar refractivity (Wildman–Crippen MR) is 146 cm³/mol. The van der Waals surface area contributed by atoms with E-state index in [1.54, 1.807) is 6.07 Å². The van der Waals surface area contributed by atoms with Crippen molar-refractivity contribution in [3.05, 3.63) is 83.4 Å². The molecule has 206 valence electrons. The number of esters is 2. The lowest BCUT2D eigenvalue weighted by Gasteiger charge is -2.11. The second kappa shape index (κ2) is 15.9. The van der Waals surface area contributed by atoms with Gasteiger partial charge in [0.25, 0.3) is 0 Å². The van der Waals surface area contributed by atoms with Crippen LogP contribution in [0.25, 0.3) is 0 Å². The number of rotatable bonds is 15. The van der Waals surface area contributed by atoms with E-state index in [2.05, 4.69) is 10.2 Å². The zero-order chi connectivity index (χ0) is 27.9. The third kappa shape index (κ3) is 10.2. The molecule has 0 atom stereocenters. The van der Waals surface area contributed by atoms with Gasteiger partial charge in [-0.1, -0.05) is 17.7 Å². The van der Waals surface area contributed by atoms with Gasteiger partial charge in [-0.3, -0.25) is 0 Å². The van der Waals surface area contributed by atoms with Gasteiger partial charge in [0.2, 0.25) is 0 Å². The van der Waals surface area contributed by atoms with Crippen LogP contribution in [-0.4, -0.2) is 46.2 Å². The van der Waals surface area contributed by atoms with E-state index in [-0.39, 0.29) is 17.9 Å². The monoisotopic (exact) mass is 534 g/mol. The largest absolute Gasteiger partial charge is 0.494 e. The molecule has 0 unspecified atom stereocenters. The molecule has 0 fully saturated rings. The molecule has 0 heterocycles. The topological polar surface area (TPSA) is 105 Å². The molecule has 0 saturated carbocycles. The highest BCUT2D eigenvalue weighted by molar-refractivity contribution is 5.96. The molecule has 0 aliphatic rings. The zero-order valence-electron chi connectivity index (χ0n) is 22.6. The first-order chi connectivity index (χ1) is 19.0. The van der Waals surface area contributed by atoms with Gasteiger partial charge in [-0.15, -0.1) is 0 Å². The first-order valence-electron chi connectivity index (χ1n) is 12.7. The van der Waals surface area contributed by atoms with Crippen molar-refractivity contribution < 1.29 is 33.3 Å². The van der Waals surface area contributed by atoms with E-state index in [0.717, 1.165) is 42.8 Å². The molecule has 9 nitrogen and oxygen atoms in total. The van der Waals surface area contributed by atoms with Gasteiger partial charge in [0.1, 0.15) is 11.5 Å². The van der Waals surface area contributed by atoms with E-state index in [9.17, 15) is 9.59 Å². The van der Waals surface area contributed by atoms with Gasteiger partial charge in [0.05, 0.1) is 42.8 Å². The Morgan fingerprint density at radius 3 is 1.77 bits per heavy atom. The Morgan fingerprint density at radius 1 is 0.667 bits per heavy atom. The lowest BCUT2D eigenvalue weighted by molar-refractivity contribution is -0.0125. The lowest BCUT2D eigenvalue weighted by atomic mass is 10.1. The number of hydrogen-bond acceptors (Lipinski definition) is 9. The first kappa shape index (κ1) is 29.3. The van der Waals surface area contributed by atoms with Gasteiger partial charge in [-0.2, -0.15) is 10.2 Å². The van der Waals surface area contributed by atoms with Crippen LogP contribution >= 0.6 is 0 Å². The number of carbonyl (C=O) groups excluding carboxylic acids is 2. The molecule has 0 N–H and O–H groups in total. The van der Waals surface area contributed by atoms with Crippen molar-refractivity contribution in [1.29, 1.82) is 0 Å². The highest BCUT2D eigenvalue weighted by atomic mass is 16.7. The summed E-state index contributed by atoms with van der Waals surface area (Å²) in [6.07, 6.45) is 3.64. The van der Waals surface area contributed by atoms with E-state index in [1.807, 2.05) is 55.5 Å². The minimum absolute atomic E-state index is 0.185. The van der Waals surface area contributed by atoms with Gasteiger partial charge in [-0.25, -0.2) is 9.59 Å². The highest BCUT2D eigenvalue weighted by Crippen LogP contribution is 2.22. The van der Waals surface area contributed by atoms with E-state index in [0.29, 0.717) is 19.0 Å². The average molecular weight is 535 g/mol. The fourth-order valence-corrected chi connectivity index (χ4v) is 3.51. The predicted octanol–water partition coefficient (Wildman–Crippen LogP) is 6.98. The third-order valence-electron chi connectivity index (χ3n) is 5.60. The standard InChI is InChI=1S/C30H34N2O7/c1-22-8-10-25(11-9-22)31-32-26-12-14-27(15-13-26)37-16-6-4-5-7-17-38-28-19-23(29(33)36-3)18-24(20-28)30(34)39-21-35-2/h8-15,18-20H,4-7,16-17,21H2,1-3H3/b32-31+. The molecule has 0 aliphatic heterocycles. The fourth-order valence-electron chi connectivity index (χ4n) is 3.51. The van der Waals surface area contributed by atoms with Crippen LogP contribution in [0, 0.1) is 6.92 Å². The fraction of sp³-hybridized carbons (Fsp3) is 0.333. The Hall–Kier alpha value is -4.24. The van der Waals surface area contributed by atoms with Gasteiger partial charge in [-0.05, 0) is 87.2 Å². The lowest BCUT2D eigenvalue weighted by Crippen LogP contribution is -2.10. The van der Waals surface area contributed by atoms with Crippen LogP contribution in [0.2, 0.25) is 0 Å². The van der Waals surface area contributed by atoms with Crippen molar-refractivity contribution in [2.75, 3.05) is 34.2 Å². The summed E-state index contributed by atoms with van der Waals surface area (Å²) >= 11 is 0. The van der Waals surface area contributed by atoms with Crippen LogP contribution < -0.4 is 9.47 Å². The van der Waals surface area contributed by atoms with Crippen molar-refractivity contribution in [2.45, 2.75) is 32.6 Å². The molecule has 0 spiro atoms. The maximum atomic E-state index is 12.2. The van der Waals surface area contributed by atoms with Crippen LogP contribution in [0.15, 0.2) is 77.0 Å². The second-order valence-corrected chi connectivity index (χ2v) is 8.72. The van der Waals surface area contributed by atoms with Crippen LogP contribution in [0.1, 0.15) is 52.0 Å². The second-order valence-electron chi connectivity index (χ2n) is 8.72. The average Bonchev–Trinajstić information content (AvgIpc) is 2.97. The summed E-state index contributed by atoms with van der Waals surface area (Å²) in [6, 6.07) is 19.9. The molecule has 0 aliphatic carbocycles. The van der Waals surface area contributed by atoms with Crippen LogP contribution in [0.4, 0.5) is 11.4 Å². The number of methoxy groups -OCH3 is 2. The number of benzene rings is 3. The maximum Gasteiger partial charge on any atom is 0.340 e. The number of aryl methyl sites for hydroxylation is 1. The smallest absolute Gasteiger partial charge is 0.340 e. The number of unbranched alkanes of at least 4 members (excludes halogenated alkanes) is 3. The van der Waals surface area contributed by atoms with Gasteiger partial charge in [0, 0.05) is 7.11 Å². The van der Waals surface area contributed by atoms with Gasteiger partial charge < -0.3 is 23.7 Å². The number of ether oxygens (including phenoxy) is 5. The Kier molecular flexibility index (Phi) is 11.9. The zero-order valence-corrected chi connectivity index (χ0v) is 22.6. The SMILES string of the molecule is COCOC(=O)c1cc(OCCCCCCOc2ccc(/N=N/c3ccc(C)cc3)cc2)cc(C(=O)OC)c1. The Balaban J connectivity index is 1.35. The molecule has 0 bridgehead atoms. The first-order valence-corrected chi connectivity index (χ1v) is 12.7. The third-order valence-corrected chi connectivity index (χ3v) is 5.60. The molecule has 3 rings (SSSR count).